The van der Waals surface area contributed by atoms with Gasteiger partial charge < -0.3 is 0 Å². The Morgan fingerprint density at radius 3 is 2.56 bits per heavy atom. The van der Waals surface area contributed by atoms with Crippen LogP contribution in [0.5, 0.6) is 0 Å². The Balaban J connectivity index is 2.30. The van der Waals surface area contributed by atoms with Gasteiger partial charge in [0.25, 0.3) is 0 Å². The molecule has 0 N–H and O–H groups in total. The second-order valence-electron chi connectivity index (χ2n) is 4.12. The zero-order valence-corrected chi connectivity index (χ0v) is 10.7. The van der Waals surface area contributed by atoms with Crippen LogP contribution in [0.2, 0.25) is 5.02 Å². The van der Waals surface area contributed by atoms with Gasteiger partial charge in [0, 0.05) is 22.6 Å². The summed E-state index contributed by atoms with van der Waals surface area (Å²) in [5, 5.41) is 0.289. The zero-order chi connectivity index (χ0) is 13.1. The maximum Gasteiger partial charge on any atom is 0.167 e. The predicted octanol–water partition coefficient (Wildman–Crippen LogP) is 4.21. The van der Waals surface area contributed by atoms with E-state index in [0.717, 1.165) is 5.56 Å². The van der Waals surface area contributed by atoms with Crippen molar-refractivity contribution in [3.8, 4) is 0 Å². The molecule has 0 heterocycles. The monoisotopic (exact) mass is 262 g/mol. The largest absolute Gasteiger partial charge is 0.294 e. The van der Waals surface area contributed by atoms with Crippen LogP contribution in [0.1, 0.15) is 21.5 Å². The van der Waals surface area contributed by atoms with Crippen molar-refractivity contribution >= 4 is 17.4 Å². The lowest BCUT2D eigenvalue weighted by atomic mass is 9.99. The van der Waals surface area contributed by atoms with E-state index in [1.54, 1.807) is 18.2 Å². The van der Waals surface area contributed by atoms with E-state index < -0.39 is 5.82 Å². The minimum atomic E-state index is -0.440. The summed E-state index contributed by atoms with van der Waals surface area (Å²) >= 11 is 5.91. The highest BCUT2D eigenvalue weighted by Crippen LogP contribution is 2.21. The number of hydrogen-bond donors (Lipinski definition) is 0. The standard InChI is InChI=1S/C15H12ClFO/c1-10-5-2-3-6-11(10)15(18)9-12-13(16)7-4-8-14(12)17/h2-8H,9H2,1H3. The summed E-state index contributed by atoms with van der Waals surface area (Å²) < 4.78 is 13.6. The van der Waals surface area contributed by atoms with E-state index in [0.29, 0.717) is 5.56 Å². The average Bonchev–Trinajstić information content (AvgIpc) is 2.34. The normalized spacial score (nSPS) is 10.4. The number of aryl methyl sites for hydroxylation is 1. The third kappa shape index (κ3) is 2.59. The van der Waals surface area contributed by atoms with Gasteiger partial charge >= 0.3 is 0 Å². The number of halogens is 2. The number of Topliss-reactive ketones (excluding diaryl/α,β-unsaturated/α-hetero) is 1. The summed E-state index contributed by atoms with van der Waals surface area (Å²) in [5.41, 5.74) is 1.75. The van der Waals surface area contributed by atoms with Gasteiger partial charge in [-0.1, -0.05) is 41.9 Å². The van der Waals surface area contributed by atoms with Crippen molar-refractivity contribution in [3.05, 3.63) is 70.0 Å². The molecule has 2 aromatic carbocycles. The highest BCUT2D eigenvalue weighted by Gasteiger charge is 2.14. The third-order valence-corrected chi connectivity index (χ3v) is 3.20. The van der Waals surface area contributed by atoms with Crippen LogP contribution in [0, 0.1) is 12.7 Å². The van der Waals surface area contributed by atoms with Gasteiger partial charge in [-0.25, -0.2) is 4.39 Å². The number of carbonyl (C=O) groups excluding carboxylic acids is 1. The Kier molecular flexibility index (Phi) is 3.78. The second kappa shape index (κ2) is 5.32. The molecule has 2 aromatic rings. The quantitative estimate of drug-likeness (QED) is 0.757. The SMILES string of the molecule is Cc1ccccc1C(=O)Cc1c(F)cccc1Cl. The van der Waals surface area contributed by atoms with E-state index in [-0.39, 0.29) is 22.8 Å². The first-order chi connectivity index (χ1) is 8.59. The van der Waals surface area contributed by atoms with Crippen LogP contribution >= 0.6 is 11.6 Å². The topological polar surface area (TPSA) is 17.1 Å². The minimum absolute atomic E-state index is 0.0175. The van der Waals surface area contributed by atoms with Crippen LogP contribution < -0.4 is 0 Å². The number of carbonyl (C=O) groups is 1. The molecule has 0 spiro atoms. The maximum atomic E-state index is 13.6. The van der Waals surface area contributed by atoms with Gasteiger partial charge in [0.1, 0.15) is 5.82 Å². The Hall–Kier alpha value is -1.67. The molecule has 0 fully saturated rings. The zero-order valence-electron chi connectivity index (χ0n) is 9.91. The number of rotatable bonds is 3. The highest BCUT2D eigenvalue weighted by molar-refractivity contribution is 6.31. The summed E-state index contributed by atoms with van der Waals surface area (Å²) in [6.45, 7) is 1.86. The molecule has 1 nitrogen and oxygen atoms in total. The van der Waals surface area contributed by atoms with Crippen molar-refractivity contribution in [2.24, 2.45) is 0 Å². The molecule has 2 rings (SSSR count). The molecule has 92 valence electrons. The van der Waals surface area contributed by atoms with Crippen LogP contribution in [-0.4, -0.2) is 5.78 Å². The predicted molar refractivity (Wildman–Crippen MR) is 70.6 cm³/mol. The van der Waals surface area contributed by atoms with Crippen LogP contribution in [0.4, 0.5) is 4.39 Å². The van der Waals surface area contributed by atoms with Crippen LogP contribution in [0.3, 0.4) is 0 Å². The summed E-state index contributed by atoms with van der Waals surface area (Å²) in [4.78, 5) is 12.1. The highest BCUT2D eigenvalue weighted by atomic mass is 35.5. The van der Waals surface area contributed by atoms with Crippen molar-refractivity contribution in [1.82, 2.24) is 0 Å². The molecule has 0 aliphatic heterocycles. The van der Waals surface area contributed by atoms with Crippen molar-refractivity contribution < 1.29 is 9.18 Å². The van der Waals surface area contributed by atoms with E-state index in [1.807, 2.05) is 19.1 Å². The molecular weight excluding hydrogens is 251 g/mol. The lowest BCUT2D eigenvalue weighted by Gasteiger charge is -2.07. The van der Waals surface area contributed by atoms with Crippen molar-refractivity contribution in [3.63, 3.8) is 0 Å². The van der Waals surface area contributed by atoms with Crippen molar-refractivity contribution in [2.75, 3.05) is 0 Å². The molecule has 0 bridgehead atoms. The summed E-state index contributed by atoms with van der Waals surface area (Å²) in [7, 11) is 0. The van der Waals surface area contributed by atoms with Crippen LogP contribution in [-0.2, 0) is 6.42 Å². The van der Waals surface area contributed by atoms with Crippen molar-refractivity contribution in [1.29, 1.82) is 0 Å². The van der Waals surface area contributed by atoms with Gasteiger partial charge in [-0.2, -0.15) is 0 Å². The fraction of sp³-hybridized carbons (Fsp3) is 0.133. The summed E-state index contributed by atoms with van der Waals surface area (Å²) in [5.74, 6) is -0.565. The molecule has 18 heavy (non-hydrogen) atoms. The Morgan fingerprint density at radius 2 is 1.89 bits per heavy atom. The summed E-state index contributed by atoms with van der Waals surface area (Å²) in [6, 6.07) is 11.7. The second-order valence-corrected chi connectivity index (χ2v) is 4.52. The first-order valence-corrected chi connectivity index (χ1v) is 5.99. The van der Waals surface area contributed by atoms with Crippen LogP contribution in [0.25, 0.3) is 0 Å². The Morgan fingerprint density at radius 1 is 1.17 bits per heavy atom. The van der Waals surface area contributed by atoms with E-state index in [1.165, 1.54) is 12.1 Å². The molecule has 0 saturated carbocycles. The van der Waals surface area contributed by atoms with Gasteiger partial charge in [-0.3, -0.25) is 4.79 Å². The fourth-order valence-corrected chi connectivity index (χ4v) is 2.07. The van der Waals surface area contributed by atoms with Crippen LogP contribution in [0.15, 0.2) is 42.5 Å². The molecule has 3 heteroatoms. The number of hydrogen-bond acceptors (Lipinski definition) is 1. The average molecular weight is 263 g/mol. The molecule has 0 unspecified atom stereocenters. The minimum Gasteiger partial charge on any atom is -0.294 e. The van der Waals surface area contributed by atoms with E-state index in [2.05, 4.69) is 0 Å². The molecule has 0 aromatic heterocycles. The van der Waals surface area contributed by atoms with E-state index in [9.17, 15) is 9.18 Å². The molecule has 0 aliphatic carbocycles. The lowest BCUT2D eigenvalue weighted by molar-refractivity contribution is 0.0991. The lowest BCUT2D eigenvalue weighted by Crippen LogP contribution is -2.07. The number of benzene rings is 2. The van der Waals surface area contributed by atoms with Gasteiger partial charge in [0.2, 0.25) is 0 Å². The fourth-order valence-electron chi connectivity index (χ4n) is 1.84. The smallest absolute Gasteiger partial charge is 0.167 e. The van der Waals surface area contributed by atoms with Gasteiger partial charge in [0.15, 0.2) is 5.78 Å². The van der Waals surface area contributed by atoms with Gasteiger partial charge in [0.05, 0.1) is 0 Å². The van der Waals surface area contributed by atoms with Crippen molar-refractivity contribution in [2.45, 2.75) is 13.3 Å². The molecule has 0 amide bonds. The van der Waals surface area contributed by atoms with E-state index in [4.69, 9.17) is 11.6 Å². The number of ketones is 1. The molecule has 0 saturated heterocycles. The first kappa shape index (κ1) is 12.8. The van der Waals surface area contributed by atoms with Gasteiger partial charge in [-0.05, 0) is 24.6 Å². The van der Waals surface area contributed by atoms with Gasteiger partial charge in [-0.15, -0.1) is 0 Å². The molecule has 0 aliphatic rings. The maximum absolute atomic E-state index is 13.6. The summed E-state index contributed by atoms with van der Waals surface area (Å²) in [6.07, 6.45) is -0.0175. The molecule has 0 atom stereocenters. The first-order valence-electron chi connectivity index (χ1n) is 5.61. The Labute approximate surface area is 110 Å². The Bertz CT molecular complexity index is 573. The molecular formula is C15H12ClFO. The van der Waals surface area contributed by atoms with E-state index >= 15 is 0 Å². The third-order valence-electron chi connectivity index (χ3n) is 2.84. The molecule has 0 radical (unpaired) electrons.